The highest BCUT2D eigenvalue weighted by molar-refractivity contribution is 9.10. The van der Waals surface area contributed by atoms with E-state index in [4.69, 9.17) is 5.73 Å². The average molecular weight is 338 g/mol. The molecule has 0 bridgehead atoms. The lowest BCUT2D eigenvalue weighted by Gasteiger charge is -2.30. The first-order chi connectivity index (χ1) is 8.06. The molecule has 1 aromatic carbocycles. The number of amides is 1. The first-order valence-corrected chi connectivity index (χ1v) is 6.36. The molecular formula is C12H15BrClFN2O. The zero-order valence-corrected chi connectivity index (χ0v) is 12.1. The fraction of sp³-hybridized carbons (Fsp3) is 0.417. The van der Waals surface area contributed by atoms with Gasteiger partial charge in [0.15, 0.2) is 0 Å². The molecule has 0 saturated carbocycles. The maximum absolute atomic E-state index is 13.2. The molecule has 1 aliphatic heterocycles. The van der Waals surface area contributed by atoms with E-state index in [9.17, 15) is 9.18 Å². The van der Waals surface area contributed by atoms with Gasteiger partial charge in [-0.05, 0) is 31.0 Å². The van der Waals surface area contributed by atoms with Gasteiger partial charge < -0.3 is 10.6 Å². The molecule has 18 heavy (non-hydrogen) atoms. The van der Waals surface area contributed by atoms with E-state index < -0.39 is 5.82 Å². The minimum absolute atomic E-state index is 0. The van der Waals surface area contributed by atoms with Crippen LogP contribution in [0.2, 0.25) is 0 Å². The molecular weight excluding hydrogens is 322 g/mol. The third kappa shape index (κ3) is 3.67. The first kappa shape index (κ1) is 15.4. The van der Waals surface area contributed by atoms with Crippen molar-refractivity contribution in [3.8, 4) is 0 Å². The number of carbonyl (C=O) groups is 1. The molecule has 1 fully saturated rings. The number of piperidine rings is 1. The number of benzene rings is 1. The van der Waals surface area contributed by atoms with Crippen molar-refractivity contribution in [2.75, 3.05) is 13.1 Å². The fourth-order valence-corrected chi connectivity index (χ4v) is 2.52. The Labute approximate surface area is 120 Å². The second kappa shape index (κ2) is 6.50. The van der Waals surface area contributed by atoms with Gasteiger partial charge in [-0.15, -0.1) is 12.4 Å². The van der Waals surface area contributed by atoms with Crippen LogP contribution < -0.4 is 5.73 Å². The van der Waals surface area contributed by atoms with E-state index in [1.807, 2.05) is 0 Å². The van der Waals surface area contributed by atoms with Gasteiger partial charge in [-0.2, -0.15) is 0 Å². The van der Waals surface area contributed by atoms with E-state index in [2.05, 4.69) is 15.9 Å². The molecule has 0 aromatic heterocycles. The number of carbonyl (C=O) groups excluding carboxylic acids is 1. The van der Waals surface area contributed by atoms with Gasteiger partial charge in [-0.1, -0.05) is 15.9 Å². The molecule has 2 rings (SSSR count). The number of hydrogen-bond acceptors (Lipinski definition) is 2. The SMILES string of the molecule is Cl.NC1CCCN(C(=O)c2cc(F)cc(Br)c2)C1. The molecule has 0 aliphatic carbocycles. The molecule has 1 unspecified atom stereocenters. The van der Waals surface area contributed by atoms with Crippen molar-refractivity contribution in [3.05, 3.63) is 34.1 Å². The Morgan fingerprint density at radius 2 is 2.17 bits per heavy atom. The summed E-state index contributed by atoms with van der Waals surface area (Å²) in [7, 11) is 0. The number of rotatable bonds is 1. The second-order valence-corrected chi connectivity index (χ2v) is 5.23. The topological polar surface area (TPSA) is 46.3 Å². The van der Waals surface area contributed by atoms with Crippen LogP contribution in [0, 0.1) is 5.82 Å². The van der Waals surface area contributed by atoms with Crippen LogP contribution in [0.4, 0.5) is 4.39 Å². The number of nitrogens with zero attached hydrogens (tertiary/aromatic N) is 1. The third-order valence-electron chi connectivity index (χ3n) is 2.85. The first-order valence-electron chi connectivity index (χ1n) is 5.57. The maximum atomic E-state index is 13.2. The van der Waals surface area contributed by atoms with Gasteiger partial charge in [0.1, 0.15) is 5.82 Å². The summed E-state index contributed by atoms with van der Waals surface area (Å²) in [4.78, 5) is 13.8. The Bertz CT molecular complexity index is 424. The zero-order valence-electron chi connectivity index (χ0n) is 9.73. The van der Waals surface area contributed by atoms with Crippen molar-refractivity contribution < 1.29 is 9.18 Å². The van der Waals surface area contributed by atoms with E-state index in [1.165, 1.54) is 12.1 Å². The van der Waals surface area contributed by atoms with Gasteiger partial charge in [-0.3, -0.25) is 4.79 Å². The Kier molecular flexibility index (Phi) is 5.56. The summed E-state index contributed by atoms with van der Waals surface area (Å²) < 4.78 is 13.8. The monoisotopic (exact) mass is 336 g/mol. The van der Waals surface area contributed by atoms with E-state index in [1.54, 1.807) is 11.0 Å². The van der Waals surface area contributed by atoms with Crippen molar-refractivity contribution >= 4 is 34.2 Å². The lowest BCUT2D eigenvalue weighted by atomic mass is 10.1. The smallest absolute Gasteiger partial charge is 0.254 e. The van der Waals surface area contributed by atoms with Gasteiger partial charge in [0.05, 0.1) is 0 Å². The molecule has 0 radical (unpaired) electrons. The second-order valence-electron chi connectivity index (χ2n) is 4.31. The predicted molar refractivity (Wildman–Crippen MR) is 74.5 cm³/mol. The Morgan fingerprint density at radius 1 is 1.44 bits per heavy atom. The van der Waals surface area contributed by atoms with Crippen molar-refractivity contribution in [2.45, 2.75) is 18.9 Å². The molecule has 1 heterocycles. The van der Waals surface area contributed by atoms with Crippen LogP contribution in [0.15, 0.2) is 22.7 Å². The fourth-order valence-electron chi connectivity index (χ4n) is 2.05. The van der Waals surface area contributed by atoms with E-state index in [0.717, 1.165) is 12.8 Å². The summed E-state index contributed by atoms with van der Waals surface area (Å²) in [6.45, 7) is 1.24. The summed E-state index contributed by atoms with van der Waals surface area (Å²) in [6.07, 6.45) is 1.85. The summed E-state index contributed by atoms with van der Waals surface area (Å²) in [5, 5.41) is 0. The Morgan fingerprint density at radius 3 is 2.78 bits per heavy atom. The number of hydrogen-bond donors (Lipinski definition) is 1. The van der Waals surface area contributed by atoms with Crippen molar-refractivity contribution in [2.24, 2.45) is 5.73 Å². The summed E-state index contributed by atoms with van der Waals surface area (Å²) >= 11 is 3.18. The molecule has 1 aliphatic rings. The normalized spacial score (nSPS) is 19.3. The van der Waals surface area contributed by atoms with Crippen molar-refractivity contribution in [3.63, 3.8) is 0 Å². The lowest BCUT2D eigenvalue weighted by molar-refractivity contribution is 0.0708. The number of likely N-dealkylation sites (tertiary alicyclic amines) is 1. The van der Waals surface area contributed by atoms with E-state index in [-0.39, 0.29) is 24.4 Å². The Hall–Kier alpha value is -0.650. The number of halogens is 3. The van der Waals surface area contributed by atoms with Crippen LogP contribution >= 0.6 is 28.3 Å². The quantitative estimate of drug-likeness (QED) is 0.856. The molecule has 3 nitrogen and oxygen atoms in total. The van der Waals surface area contributed by atoms with Crippen LogP contribution in [-0.4, -0.2) is 29.9 Å². The highest BCUT2D eigenvalue weighted by atomic mass is 79.9. The lowest BCUT2D eigenvalue weighted by Crippen LogP contribution is -2.45. The predicted octanol–water partition coefficient (Wildman–Crippen LogP) is 2.57. The highest BCUT2D eigenvalue weighted by Gasteiger charge is 2.22. The molecule has 1 saturated heterocycles. The maximum Gasteiger partial charge on any atom is 0.254 e. The average Bonchev–Trinajstić information content (AvgIpc) is 2.26. The molecule has 100 valence electrons. The van der Waals surface area contributed by atoms with Gasteiger partial charge in [-0.25, -0.2) is 4.39 Å². The van der Waals surface area contributed by atoms with Gasteiger partial charge >= 0.3 is 0 Å². The third-order valence-corrected chi connectivity index (χ3v) is 3.31. The molecule has 1 amide bonds. The van der Waals surface area contributed by atoms with Crippen LogP contribution in [0.25, 0.3) is 0 Å². The standard InChI is InChI=1S/C12H14BrFN2O.ClH/c13-9-4-8(5-10(14)6-9)12(17)16-3-1-2-11(15)7-16;/h4-6,11H,1-3,7,15H2;1H. The minimum Gasteiger partial charge on any atom is -0.337 e. The zero-order chi connectivity index (χ0) is 12.4. The van der Waals surface area contributed by atoms with Gasteiger partial charge in [0.25, 0.3) is 5.91 Å². The Balaban J connectivity index is 0.00000162. The van der Waals surface area contributed by atoms with Crippen LogP contribution in [0.1, 0.15) is 23.2 Å². The molecule has 6 heteroatoms. The van der Waals surface area contributed by atoms with Crippen LogP contribution in [-0.2, 0) is 0 Å². The minimum atomic E-state index is -0.413. The van der Waals surface area contributed by atoms with E-state index >= 15 is 0 Å². The molecule has 1 atom stereocenters. The molecule has 1 aromatic rings. The summed E-state index contributed by atoms with van der Waals surface area (Å²) in [5.74, 6) is -0.565. The van der Waals surface area contributed by atoms with Crippen molar-refractivity contribution in [1.29, 1.82) is 0 Å². The number of nitrogens with two attached hydrogens (primary N) is 1. The molecule has 0 spiro atoms. The van der Waals surface area contributed by atoms with E-state index in [0.29, 0.717) is 23.1 Å². The van der Waals surface area contributed by atoms with Gasteiger partial charge in [0.2, 0.25) is 0 Å². The van der Waals surface area contributed by atoms with Gasteiger partial charge in [0, 0.05) is 29.2 Å². The largest absolute Gasteiger partial charge is 0.337 e. The highest BCUT2D eigenvalue weighted by Crippen LogP contribution is 2.18. The molecule has 2 N–H and O–H groups in total. The van der Waals surface area contributed by atoms with Crippen LogP contribution in [0.5, 0.6) is 0 Å². The van der Waals surface area contributed by atoms with Crippen molar-refractivity contribution in [1.82, 2.24) is 4.90 Å². The summed E-state index contributed by atoms with van der Waals surface area (Å²) in [6, 6.07) is 4.25. The summed E-state index contributed by atoms with van der Waals surface area (Å²) in [5.41, 5.74) is 6.19. The van der Waals surface area contributed by atoms with Crippen LogP contribution in [0.3, 0.4) is 0 Å².